The molecule has 1 unspecified atom stereocenters. The molecular weight excluding hydrogens is 354 g/mol. The van der Waals surface area contributed by atoms with Crippen LogP contribution in [0.1, 0.15) is 31.7 Å². The maximum atomic E-state index is 12.1. The highest BCUT2D eigenvalue weighted by Gasteiger charge is 2.17. The summed E-state index contributed by atoms with van der Waals surface area (Å²) in [6.45, 7) is 5.76. The summed E-state index contributed by atoms with van der Waals surface area (Å²) in [4.78, 5) is 12.1. The van der Waals surface area contributed by atoms with Crippen LogP contribution in [0.3, 0.4) is 0 Å². The Hall–Kier alpha value is -1.47. The van der Waals surface area contributed by atoms with Crippen molar-refractivity contribution in [3.8, 4) is 5.75 Å². The Bertz CT molecular complexity index is 613. The zero-order valence-electron chi connectivity index (χ0n) is 12.0. The zero-order valence-corrected chi connectivity index (χ0v) is 14.4. The van der Waals surface area contributed by atoms with Crippen LogP contribution >= 0.6 is 27.3 Å². The van der Waals surface area contributed by atoms with E-state index in [4.69, 9.17) is 4.74 Å². The van der Waals surface area contributed by atoms with Gasteiger partial charge in [-0.3, -0.25) is 10.1 Å². The molecule has 112 valence electrons. The van der Waals surface area contributed by atoms with Gasteiger partial charge in [0.1, 0.15) is 10.8 Å². The van der Waals surface area contributed by atoms with Crippen LogP contribution in [-0.4, -0.2) is 22.2 Å². The zero-order chi connectivity index (χ0) is 15.4. The monoisotopic (exact) mass is 369 g/mol. The number of nitrogens with one attached hydrogen (secondary N) is 1. The van der Waals surface area contributed by atoms with Crippen LogP contribution in [0.15, 0.2) is 28.7 Å². The van der Waals surface area contributed by atoms with E-state index >= 15 is 0 Å². The molecule has 7 heteroatoms. The Morgan fingerprint density at radius 1 is 1.24 bits per heavy atom. The largest absolute Gasteiger partial charge is 0.481 e. The van der Waals surface area contributed by atoms with E-state index in [0.717, 1.165) is 9.48 Å². The number of benzene rings is 1. The smallest absolute Gasteiger partial charge is 0.266 e. The third-order valence-electron chi connectivity index (χ3n) is 2.66. The van der Waals surface area contributed by atoms with E-state index in [1.54, 1.807) is 19.1 Å². The number of amides is 1. The molecule has 1 N–H and O–H groups in total. The van der Waals surface area contributed by atoms with Crippen molar-refractivity contribution >= 4 is 38.3 Å². The van der Waals surface area contributed by atoms with Crippen LogP contribution in [0.25, 0.3) is 0 Å². The van der Waals surface area contributed by atoms with E-state index in [-0.39, 0.29) is 5.91 Å². The summed E-state index contributed by atoms with van der Waals surface area (Å²) in [5.74, 6) is 0.690. The van der Waals surface area contributed by atoms with Crippen LogP contribution in [0.5, 0.6) is 5.75 Å². The van der Waals surface area contributed by atoms with E-state index in [9.17, 15) is 4.79 Å². The molecule has 0 bridgehead atoms. The molecule has 2 rings (SSSR count). The summed E-state index contributed by atoms with van der Waals surface area (Å²) < 4.78 is 6.54. The summed E-state index contributed by atoms with van der Waals surface area (Å²) >= 11 is 4.73. The lowest BCUT2D eigenvalue weighted by Gasteiger charge is -2.13. The van der Waals surface area contributed by atoms with Gasteiger partial charge in [-0.15, -0.1) is 10.2 Å². The normalized spacial score (nSPS) is 12.2. The molecule has 1 heterocycles. The summed E-state index contributed by atoms with van der Waals surface area (Å²) in [7, 11) is 0. The quantitative estimate of drug-likeness (QED) is 0.869. The molecule has 0 saturated carbocycles. The van der Waals surface area contributed by atoms with Crippen LogP contribution < -0.4 is 10.1 Å². The molecule has 0 spiro atoms. The first kappa shape index (κ1) is 15.9. The first-order valence-corrected chi connectivity index (χ1v) is 8.13. The molecule has 5 nitrogen and oxygen atoms in total. The van der Waals surface area contributed by atoms with Crippen LogP contribution in [0.4, 0.5) is 5.13 Å². The van der Waals surface area contributed by atoms with Gasteiger partial charge in [-0.05, 0) is 31.2 Å². The summed E-state index contributed by atoms with van der Waals surface area (Å²) in [6, 6.07) is 7.32. The maximum Gasteiger partial charge on any atom is 0.266 e. The van der Waals surface area contributed by atoms with Crippen molar-refractivity contribution in [3.05, 3.63) is 33.7 Å². The van der Waals surface area contributed by atoms with Gasteiger partial charge in [0.15, 0.2) is 6.10 Å². The van der Waals surface area contributed by atoms with E-state index in [1.165, 1.54) is 11.3 Å². The maximum absolute atomic E-state index is 12.1. The molecule has 2 aromatic rings. The highest BCUT2D eigenvalue weighted by Crippen LogP contribution is 2.23. The second kappa shape index (κ2) is 7.00. The number of anilines is 1. The lowest BCUT2D eigenvalue weighted by molar-refractivity contribution is -0.122. The minimum Gasteiger partial charge on any atom is -0.481 e. The first-order valence-electron chi connectivity index (χ1n) is 6.52. The van der Waals surface area contributed by atoms with Gasteiger partial charge in [0, 0.05) is 10.4 Å². The van der Waals surface area contributed by atoms with Gasteiger partial charge in [0.05, 0.1) is 0 Å². The Kier molecular flexibility index (Phi) is 5.30. The molecule has 0 saturated heterocycles. The van der Waals surface area contributed by atoms with Crippen molar-refractivity contribution in [2.45, 2.75) is 32.8 Å². The van der Waals surface area contributed by atoms with Gasteiger partial charge >= 0.3 is 0 Å². The molecule has 1 aromatic heterocycles. The number of ether oxygens (including phenoxy) is 1. The number of halogens is 1. The number of carbonyl (C=O) groups excluding carboxylic acids is 1. The second-order valence-electron chi connectivity index (χ2n) is 4.80. The van der Waals surface area contributed by atoms with Crippen LogP contribution in [0, 0.1) is 0 Å². The first-order chi connectivity index (χ1) is 9.95. The second-order valence-corrected chi connectivity index (χ2v) is 6.73. The molecule has 0 aliphatic rings. The molecule has 0 aliphatic heterocycles. The third-order valence-corrected chi connectivity index (χ3v) is 4.33. The predicted octanol–water partition coefficient (Wildman–Crippen LogP) is 3.83. The van der Waals surface area contributed by atoms with E-state index in [0.29, 0.717) is 16.8 Å². The lowest BCUT2D eigenvalue weighted by Crippen LogP contribution is -2.30. The third kappa shape index (κ3) is 4.50. The van der Waals surface area contributed by atoms with Gasteiger partial charge < -0.3 is 4.74 Å². The number of carbonyl (C=O) groups is 1. The minimum atomic E-state index is -0.613. The van der Waals surface area contributed by atoms with E-state index in [2.05, 4.69) is 31.4 Å². The van der Waals surface area contributed by atoms with Gasteiger partial charge in [-0.2, -0.15) is 0 Å². The topological polar surface area (TPSA) is 64.1 Å². The highest BCUT2D eigenvalue weighted by atomic mass is 79.9. The lowest BCUT2D eigenvalue weighted by atomic mass is 10.2. The minimum absolute atomic E-state index is 0.246. The highest BCUT2D eigenvalue weighted by molar-refractivity contribution is 9.10. The number of hydrogen-bond donors (Lipinski definition) is 1. The average Bonchev–Trinajstić information content (AvgIpc) is 2.90. The molecule has 0 aliphatic carbocycles. The summed E-state index contributed by atoms with van der Waals surface area (Å²) in [6.07, 6.45) is -0.613. The van der Waals surface area contributed by atoms with Crippen LogP contribution in [0.2, 0.25) is 0 Å². The number of aromatic nitrogens is 2. The molecule has 0 fully saturated rings. The summed E-state index contributed by atoms with van der Waals surface area (Å²) in [5, 5.41) is 12.1. The van der Waals surface area contributed by atoms with Gasteiger partial charge in [-0.1, -0.05) is 41.1 Å². The molecule has 1 atom stereocenters. The van der Waals surface area contributed by atoms with Gasteiger partial charge in [-0.25, -0.2) is 0 Å². The number of rotatable bonds is 5. The summed E-state index contributed by atoms with van der Waals surface area (Å²) in [5.41, 5.74) is 0. The molecular formula is C14H16BrN3O2S. The molecule has 0 radical (unpaired) electrons. The Balaban J connectivity index is 1.94. The van der Waals surface area contributed by atoms with Crippen molar-refractivity contribution in [3.63, 3.8) is 0 Å². The van der Waals surface area contributed by atoms with E-state index < -0.39 is 6.10 Å². The van der Waals surface area contributed by atoms with Gasteiger partial charge in [0.25, 0.3) is 5.91 Å². The van der Waals surface area contributed by atoms with Crippen LogP contribution in [-0.2, 0) is 4.79 Å². The fourth-order valence-electron chi connectivity index (χ4n) is 1.50. The van der Waals surface area contributed by atoms with Crippen molar-refractivity contribution in [2.24, 2.45) is 0 Å². The van der Waals surface area contributed by atoms with Crippen molar-refractivity contribution in [1.82, 2.24) is 10.2 Å². The Morgan fingerprint density at radius 3 is 2.48 bits per heavy atom. The standard InChI is InChI=1S/C14H16BrN3O2S/c1-8(2)13-17-18-14(21-13)16-12(19)9(3)20-11-6-4-10(15)5-7-11/h4-9H,1-3H3,(H,16,18,19). The SMILES string of the molecule is CC(Oc1ccc(Br)cc1)C(=O)Nc1nnc(C(C)C)s1. The van der Waals surface area contributed by atoms with E-state index in [1.807, 2.05) is 26.0 Å². The average molecular weight is 370 g/mol. The molecule has 1 aromatic carbocycles. The number of hydrogen-bond acceptors (Lipinski definition) is 5. The Morgan fingerprint density at radius 2 is 1.90 bits per heavy atom. The Labute approximate surface area is 135 Å². The van der Waals surface area contributed by atoms with Gasteiger partial charge in [0.2, 0.25) is 5.13 Å². The van der Waals surface area contributed by atoms with Crippen molar-refractivity contribution < 1.29 is 9.53 Å². The predicted molar refractivity (Wildman–Crippen MR) is 86.9 cm³/mol. The fraction of sp³-hybridized carbons (Fsp3) is 0.357. The number of nitrogens with zero attached hydrogens (tertiary/aromatic N) is 2. The van der Waals surface area contributed by atoms with Crippen molar-refractivity contribution in [2.75, 3.05) is 5.32 Å². The fourth-order valence-corrected chi connectivity index (χ4v) is 2.51. The molecule has 1 amide bonds. The van der Waals surface area contributed by atoms with Crippen molar-refractivity contribution in [1.29, 1.82) is 0 Å². The molecule has 21 heavy (non-hydrogen) atoms.